The van der Waals surface area contributed by atoms with Gasteiger partial charge < -0.3 is 15.2 Å². The van der Waals surface area contributed by atoms with E-state index in [1.165, 1.54) is 6.42 Å². The summed E-state index contributed by atoms with van der Waals surface area (Å²) >= 11 is 0. The molecule has 0 aromatic heterocycles. The summed E-state index contributed by atoms with van der Waals surface area (Å²) in [5.41, 5.74) is -0.368. The molecule has 2 N–H and O–H groups in total. The predicted octanol–water partition coefficient (Wildman–Crippen LogP) is 1.47. The molecule has 1 saturated heterocycles. The van der Waals surface area contributed by atoms with Crippen molar-refractivity contribution in [3.63, 3.8) is 0 Å². The first-order valence-corrected chi connectivity index (χ1v) is 7.16. The van der Waals surface area contributed by atoms with Crippen LogP contribution in [0.5, 0.6) is 0 Å². The average Bonchev–Trinajstić information content (AvgIpc) is 2.39. The molecule has 2 atom stereocenters. The third-order valence-electron chi connectivity index (χ3n) is 4.37. The van der Waals surface area contributed by atoms with Crippen LogP contribution >= 0.6 is 0 Å². The van der Waals surface area contributed by atoms with Crippen molar-refractivity contribution in [3.8, 4) is 0 Å². The SMILES string of the molecule is CC1CCCC(CO)(NC(=O)C2CCOCC2)C1. The molecule has 1 saturated carbocycles. The number of carbonyl (C=O) groups excluding carboxylic acids is 1. The summed E-state index contributed by atoms with van der Waals surface area (Å²) in [5, 5.41) is 12.8. The smallest absolute Gasteiger partial charge is 0.223 e. The van der Waals surface area contributed by atoms with Crippen molar-refractivity contribution < 1.29 is 14.6 Å². The van der Waals surface area contributed by atoms with E-state index < -0.39 is 0 Å². The van der Waals surface area contributed by atoms with Crippen molar-refractivity contribution in [1.29, 1.82) is 0 Å². The van der Waals surface area contributed by atoms with Gasteiger partial charge in [-0.2, -0.15) is 0 Å². The van der Waals surface area contributed by atoms with Crippen molar-refractivity contribution in [2.24, 2.45) is 11.8 Å². The Bertz CT molecular complexity index is 289. The van der Waals surface area contributed by atoms with Crippen LogP contribution in [0.15, 0.2) is 0 Å². The normalized spacial score (nSPS) is 34.2. The lowest BCUT2D eigenvalue weighted by Crippen LogP contribution is -2.55. The van der Waals surface area contributed by atoms with Crippen LogP contribution in [0.25, 0.3) is 0 Å². The molecule has 0 aromatic carbocycles. The quantitative estimate of drug-likeness (QED) is 0.803. The number of rotatable bonds is 3. The van der Waals surface area contributed by atoms with Crippen LogP contribution in [0.4, 0.5) is 0 Å². The van der Waals surface area contributed by atoms with E-state index in [1.54, 1.807) is 0 Å². The summed E-state index contributed by atoms with van der Waals surface area (Å²) in [5.74, 6) is 0.766. The van der Waals surface area contributed by atoms with Crippen LogP contribution in [0.3, 0.4) is 0 Å². The molecule has 0 radical (unpaired) electrons. The van der Waals surface area contributed by atoms with Gasteiger partial charge in [-0.3, -0.25) is 4.79 Å². The van der Waals surface area contributed by atoms with E-state index in [0.29, 0.717) is 19.1 Å². The molecule has 0 spiro atoms. The van der Waals surface area contributed by atoms with Gasteiger partial charge in [0.15, 0.2) is 0 Å². The molecule has 18 heavy (non-hydrogen) atoms. The van der Waals surface area contributed by atoms with Gasteiger partial charge in [0, 0.05) is 19.1 Å². The third kappa shape index (κ3) is 3.23. The van der Waals surface area contributed by atoms with E-state index in [1.807, 2.05) is 0 Å². The lowest BCUT2D eigenvalue weighted by atomic mass is 9.76. The molecule has 2 aliphatic rings. The minimum absolute atomic E-state index is 0.0618. The minimum Gasteiger partial charge on any atom is -0.394 e. The van der Waals surface area contributed by atoms with E-state index in [0.717, 1.165) is 32.1 Å². The number of nitrogens with one attached hydrogen (secondary N) is 1. The lowest BCUT2D eigenvalue weighted by Gasteiger charge is -2.40. The maximum Gasteiger partial charge on any atom is 0.223 e. The second-order valence-corrected chi connectivity index (χ2v) is 6.02. The molecular formula is C14H25NO3. The first-order chi connectivity index (χ1) is 8.65. The highest BCUT2D eigenvalue weighted by molar-refractivity contribution is 5.79. The summed E-state index contributed by atoms with van der Waals surface area (Å²) in [6.45, 7) is 3.62. The molecule has 0 bridgehead atoms. The molecular weight excluding hydrogens is 230 g/mol. The van der Waals surface area contributed by atoms with Crippen molar-refractivity contribution >= 4 is 5.91 Å². The van der Waals surface area contributed by atoms with E-state index in [9.17, 15) is 9.90 Å². The molecule has 1 heterocycles. The van der Waals surface area contributed by atoms with Gasteiger partial charge in [0.2, 0.25) is 5.91 Å². The van der Waals surface area contributed by atoms with E-state index in [4.69, 9.17) is 4.74 Å². The monoisotopic (exact) mass is 255 g/mol. The molecule has 1 aliphatic heterocycles. The zero-order chi connectivity index (χ0) is 13.0. The summed E-state index contributed by atoms with van der Waals surface area (Å²) < 4.78 is 5.28. The van der Waals surface area contributed by atoms with Crippen molar-refractivity contribution in [2.45, 2.75) is 51.0 Å². The fourth-order valence-electron chi connectivity index (χ4n) is 3.28. The zero-order valence-corrected chi connectivity index (χ0v) is 11.3. The molecule has 2 fully saturated rings. The maximum atomic E-state index is 12.3. The average molecular weight is 255 g/mol. The molecule has 2 unspecified atom stereocenters. The van der Waals surface area contributed by atoms with E-state index >= 15 is 0 Å². The van der Waals surface area contributed by atoms with Gasteiger partial charge in [0.1, 0.15) is 0 Å². The molecule has 104 valence electrons. The Morgan fingerprint density at radius 1 is 1.39 bits per heavy atom. The largest absolute Gasteiger partial charge is 0.394 e. The molecule has 1 aliphatic carbocycles. The van der Waals surface area contributed by atoms with Crippen molar-refractivity contribution in [1.82, 2.24) is 5.32 Å². The maximum absolute atomic E-state index is 12.3. The number of hydrogen-bond acceptors (Lipinski definition) is 3. The standard InChI is InChI=1S/C14H25NO3/c1-11-3-2-6-14(9-11,10-16)15-13(17)12-4-7-18-8-5-12/h11-12,16H,2-10H2,1H3,(H,15,17). The summed E-state index contributed by atoms with van der Waals surface area (Å²) in [4.78, 5) is 12.3. The summed E-state index contributed by atoms with van der Waals surface area (Å²) in [7, 11) is 0. The van der Waals surface area contributed by atoms with Crippen molar-refractivity contribution in [3.05, 3.63) is 0 Å². The van der Waals surface area contributed by atoms with E-state index in [2.05, 4.69) is 12.2 Å². The van der Waals surface area contributed by atoms with Gasteiger partial charge in [-0.25, -0.2) is 0 Å². The fraction of sp³-hybridized carbons (Fsp3) is 0.929. The number of aliphatic hydroxyl groups excluding tert-OH is 1. The number of amides is 1. The van der Waals surface area contributed by atoms with Crippen LogP contribution in [-0.2, 0) is 9.53 Å². The van der Waals surface area contributed by atoms with Crippen LogP contribution in [0, 0.1) is 11.8 Å². The number of aliphatic hydroxyl groups is 1. The second kappa shape index (κ2) is 6.02. The van der Waals surface area contributed by atoms with Gasteiger partial charge in [0.25, 0.3) is 0 Å². The van der Waals surface area contributed by atoms with E-state index in [-0.39, 0.29) is 24.0 Å². The Morgan fingerprint density at radius 2 is 2.11 bits per heavy atom. The molecule has 0 aromatic rings. The Labute approximate surface area is 109 Å². The van der Waals surface area contributed by atoms with Crippen LogP contribution < -0.4 is 5.32 Å². The molecule has 4 heteroatoms. The number of hydrogen-bond donors (Lipinski definition) is 2. The van der Waals surface area contributed by atoms with Gasteiger partial charge in [0.05, 0.1) is 12.1 Å². The Hall–Kier alpha value is -0.610. The highest BCUT2D eigenvalue weighted by Gasteiger charge is 2.37. The Kier molecular flexibility index (Phi) is 4.62. The highest BCUT2D eigenvalue weighted by Crippen LogP contribution is 2.32. The highest BCUT2D eigenvalue weighted by atomic mass is 16.5. The molecule has 2 rings (SSSR count). The summed E-state index contributed by atoms with van der Waals surface area (Å²) in [6.07, 6.45) is 5.72. The predicted molar refractivity (Wildman–Crippen MR) is 69.1 cm³/mol. The van der Waals surface area contributed by atoms with Crippen LogP contribution in [-0.4, -0.2) is 36.4 Å². The van der Waals surface area contributed by atoms with Gasteiger partial charge in [-0.15, -0.1) is 0 Å². The first kappa shape index (κ1) is 13.8. The summed E-state index contributed by atoms with van der Waals surface area (Å²) in [6, 6.07) is 0. The topological polar surface area (TPSA) is 58.6 Å². The van der Waals surface area contributed by atoms with Gasteiger partial charge in [-0.05, 0) is 31.6 Å². The van der Waals surface area contributed by atoms with Gasteiger partial charge >= 0.3 is 0 Å². The zero-order valence-electron chi connectivity index (χ0n) is 11.3. The first-order valence-electron chi connectivity index (χ1n) is 7.16. The minimum atomic E-state index is -0.368. The van der Waals surface area contributed by atoms with Gasteiger partial charge in [-0.1, -0.05) is 19.8 Å². The fourth-order valence-corrected chi connectivity index (χ4v) is 3.28. The molecule has 4 nitrogen and oxygen atoms in total. The second-order valence-electron chi connectivity index (χ2n) is 6.02. The van der Waals surface area contributed by atoms with Crippen LogP contribution in [0.1, 0.15) is 45.4 Å². The Balaban J connectivity index is 1.94. The Morgan fingerprint density at radius 3 is 2.72 bits per heavy atom. The number of carbonyl (C=O) groups is 1. The van der Waals surface area contributed by atoms with Crippen LogP contribution in [0.2, 0.25) is 0 Å². The number of ether oxygens (including phenoxy) is 1. The van der Waals surface area contributed by atoms with Crippen molar-refractivity contribution in [2.75, 3.05) is 19.8 Å². The third-order valence-corrected chi connectivity index (χ3v) is 4.37. The lowest BCUT2D eigenvalue weighted by molar-refractivity contribution is -0.131. The molecule has 1 amide bonds.